The maximum atomic E-state index is 13.0. The number of esters is 3. The molecule has 216 valence electrons. The Hall–Kier alpha value is -1.72. The third kappa shape index (κ3) is 10.5. The van der Waals surface area contributed by atoms with Gasteiger partial charge in [-0.2, -0.15) is 8.42 Å². The quantitative estimate of drug-likeness (QED) is 0.131. The Balaban J connectivity index is 2.81. The summed E-state index contributed by atoms with van der Waals surface area (Å²) in [6.07, 6.45) is 3.56. The molecule has 0 aromatic carbocycles. The SMILES string of the molecule is CCC(C)(CC(CC(C)(C)C(=O)OC)C(=O)OCCCO)C(=O)OCCOS(=O)(=O)C1CCC(C)CC1. The van der Waals surface area contributed by atoms with Gasteiger partial charge in [0.1, 0.15) is 13.2 Å². The van der Waals surface area contributed by atoms with Crippen molar-refractivity contribution in [1.29, 1.82) is 0 Å². The average Bonchev–Trinajstić information content (AvgIpc) is 2.85. The largest absolute Gasteiger partial charge is 0.469 e. The molecule has 1 saturated carbocycles. The van der Waals surface area contributed by atoms with E-state index < -0.39 is 50.0 Å². The average molecular weight is 551 g/mol. The van der Waals surface area contributed by atoms with E-state index in [4.69, 9.17) is 23.5 Å². The van der Waals surface area contributed by atoms with Crippen molar-refractivity contribution < 1.29 is 46.3 Å². The van der Waals surface area contributed by atoms with Crippen molar-refractivity contribution in [2.45, 2.75) is 91.2 Å². The van der Waals surface area contributed by atoms with Gasteiger partial charge in [0.2, 0.25) is 0 Å². The van der Waals surface area contributed by atoms with Crippen molar-refractivity contribution >= 4 is 28.0 Å². The first-order valence-corrected chi connectivity index (χ1v) is 14.6. The molecule has 11 heteroatoms. The molecule has 1 N–H and O–H groups in total. The number of hydrogen-bond acceptors (Lipinski definition) is 10. The summed E-state index contributed by atoms with van der Waals surface area (Å²) in [5.74, 6) is -1.96. The summed E-state index contributed by atoms with van der Waals surface area (Å²) in [6.45, 7) is 8.22. The molecule has 1 fully saturated rings. The fraction of sp³-hybridized carbons (Fsp3) is 0.885. The Kier molecular flexibility index (Phi) is 13.5. The standard InChI is InChI=1S/C26H46O10S/c1-7-26(5,18-20(22(28)34-14-8-13-27)17-25(3,4)23(29)33-6)24(30)35-15-16-36-37(31,32)21-11-9-19(2)10-12-21/h19-21,27H,7-18H2,1-6H3. The number of methoxy groups -OCH3 is 1. The van der Waals surface area contributed by atoms with E-state index in [0.29, 0.717) is 25.2 Å². The van der Waals surface area contributed by atoms with E-state index in [-0.39, 0.29) is 45.7 Å². The lowest BCUT2D eigenvalue weighted by atomic mass is 9.73. The van der Waals surface area contributed by atoms with Crippen molar-refractivity contribution in [3.05, 3.63) is 0 Å². The predicted octanol–water partition coefficient (Wildman–Crippen LogP) is 3.39. The Labute approximate surface area is 221 Å². The molecule has 0 spiro atoms. The molecular formula is C26H46O10S. The van der Waals surface area contributed by atoms with Gasteiger partial charge in [0.05, 0.1) is 35.7 Å². The maximum absolute atomic E-state index is 13.0. The highest BCUT2D eigenvalue weighted by Crippen LogP contribution is 2.38. The van der Waals surface area contributed by atoms with Crippen molar-refractivity contribution in [3.63, 3.8) is 0 Å². The molecule has 1 rings (SSSR count). The summed E-state index contributed by atoms with van der Waals surface area (Å²) in [6, 6.07) is 0. The van der Waals surface area contributed by atoms with Crippen LogP contribution in [0.5, 0.6) is 0 Å². The number of rotatable bonds is 16. The molecule has 37 heavy (non-hydrogen) atoms. The van der Waals surface area contributed by atoms with Crippen LogP contribution in [0.25, 0.3) is 0 Å². The third-order valence-electron chi connectivity index (χ3n) is 7.28. The van der Waals surface area contributed by atoms with E-state index in [1.807, 2.05) is 0 Å². The zero-order valence-corrected chi connectivity index (χ0v) is 24.1. The number of aliphatic hydroxyl groups excluding tert-OH is 1. The second-order valence-corrected chi connectivity index (χ2v) is 12.9. The Bertz CT molecular complexity index is 845. The molecule has 0 amide bonds. The smallest absolute Gasteiger partial charge is 0.311 e. The topological polar surface area (TPSA) is 142 Å². The van der Waals surface area contributed by atoms with E-state index in [9.17, 15) is 22.8 Å². The van der Waals surface area contributed by atoms with E-state index in [2.05, 4.69) is 6.92 Å². The molecule has 1 aliphatic carbocycles. The van der Waals surface area contributed by atoms with Gasteiger partial charge in [0.25, 0.3) is 10.1 Å². The lowest BCUT2D eigenvalue weighted by Gasteiger charge is -2.32. The summed E-state index contributed by atoms with van der Waals surface area (Å²) < 4.78 is 45.6. The van der Waals surface area contributed by atoms with Crippen LogP contribution in [0.3, 0.4) is 0 Å². The summed E-state index contributed by atoms with van der Waals surface area (Å²) in [7, 11) is -2.47. The van der Waals surface area contributed by atoms with Crippen molar-refractivity contribution in [2.75, 3.05) is 33.5 Å². The highest BCUT2D eigenvalue weighted by atomic mass is 32.2. The molecule has 0 aromatic rings. The highest BCUT2D eigenvalue weighted by Gasteiger charge is 2.42. The van der Waals surface area contributed by atoms with Crippen molar-refractivity contribution in [1.82, 2.24) is 0 Å². The van der Waals surface area contributed by atoms with E-state index in [0.717, 1.165) is 12.8 Å². The molecular weight excluding hydrogens is 504 g/mol. The van der Waals surface area contributed by atoms with Gasteiger partial charge >= 0.3 is 17.9 Å². The molecule has 0 heterocycles. The summed E-state index contributed by atoms with van der Waals surface area (Å²) in [5.41, 5.74) is -2.10. The fourth-order valence-corrected chi connectivity index (χ4v) is 5.90. The van der Waals surface area contributed by atoms with E-state index in [1.54, 1.807) is 27.7 Å². The second kappa shape index (κ2) is 15.0. The van der Waals surface area contributed by atoms with E-state index >= 15 is 0 Å². The van der Waals surface area contributed by atoms with Crippen LogP contribution in [0.1, 0.15) is 86.0 Å². The Morgan fingerprint density at radius 1 is 0.946 bits per heavy atom. The van der Waals surface area contributed by atoms with Gasteiger partial charge < -0.3 is 19.3 Å². The molecule has 0 aromatic heterocycles. The van der Waals surface area contributed by atoms with Gasteiger partial charge in [0, 0.05) is 13.0 Å². The monoisotopic (exact) mass is 550 g/mol. The van der Waals surface area contributed by atoms with Gasteiger partial charge in [-0.25, -0.2) is 0 Å². The van der Waals surface area contributed by atoms with Crippen molar-refractivity contribution in [3.8, 4) is 0 Å². The van der Waals surface area contributed by atoms with Crippen LogP contribution < -0.4 is 0 Å². The summed E-state index contributed by atoms with van der Waals surface area (Å²) in [5, 5.41) is 8.45. The lowest BCUT2D eigenvalue weighted by molar-refractivity contribution is -0.161. The van der Waals surface area contributed by atoms with Gasteiger partial charge in [-0.1, -0.05) is 13.8 Å². The predicted molar refractivity (Wildman–Crippen MR) is 137 cm³/mol. The fourth-order valence-electron chi connectivity index (χ4n) is 4.56. The lowest BCUT2D eigenvalue weighted by Crippen LogP contribution is -2.38. The van der Waals surface area contributed by atoms with E-state index in [1.165, 1.54) is 7.11 Å². The van der Waals surface area contributed by atoms with Crippen LogP contribution in [-0.2, 0) is 42.9 Å². The van der Waals surface area contributed by atoms with Crippen LogP contribution >= 0.6 is 0 Å². The molecule has 0 aliphatic heterocycles. The van der Waals surface area contributed by atoms with Gasteiger partial charge in [0.15, 0.2) is 0 Å². The summed E-state index contributed by atoms with van der Waals surface area (Å²) >= 11 is 0. The zero-order chi connectivity index (χ0) is 28.3. The minimum absolute atomic E-state index is 0.0174. The van der Waals surface area contributed by atoms with Crippen LogP contribution in [0.2, 0.25) is 0 Å². The molecule has 2 atom stereocenters. The molecule has 1 aliphatic rings. The minimum atomic E-state index is -3.73. The molecule has 0 radical (unpaired) electrons. The number of ether oxygens (including phenoxy) is 3. The first-order valence-electron chi connectivity index (χ1n) is 13.1. The number of aliphatic hydroxyl groups is 1. The third-order valence-corrected chi connectivity index (χ3v) is 9.06. The molecule has 10 nitrogen and oxygen atoms in total. The maximum Gasteiger partial charge on any atom is 0.311 e. The Morgan fingerprint density at radius 2 is 1.57 bits per heavy atom. The van der Waals surface area contributed by atoms with Crippen molar-refractivity contribution in [2.24, 2.45) is 22.7 Å². The first kappa shape index (κ1) is 33.3. The van der Waals surface area contributed by atoms with Gasteiger partial charge in [-0.3, -0.25) is 18.6 Å². The minimum Gasteiger partial charge on any atom is -0.469 e. The zero-order valence-electron chi connectivity index (χ0n) is 23.2. The molecule has 2 unspecified atom stereocenters. The number of carbonyl (C=O) groups excluding carboxylic acids is 3. The normalized spacial score (nSPS) is 20.9. The van der Waals surface area contributed by atoms with Crippen LogP contribution in [0.15, 0.2) is 0 Å². The van der Waals surface area contributed by atoms with Crippen LogP contribution in [-0.4, -0.2) is 70.2 Å². The highest BCUT2D eigenvalue weighted by molar-refractivity contribution is 7.87. The number of hydrogen-bond donors (Lipinski definition) is 1. The van der Waals surface area contributed by atoms with Gasteiger partial charge in [-0.15, -0.1) is 0 Å². The second-order valence-electron chi connectivity index (χ2n) is 11.0. The van der Waals surface area contributed by atoms with Crippen LogP contribution in [0.4, 0.5) is 0 Å². The summed E-state index contributed by atoms with van der Waals surface area (Å²) in [4.78, 5) is 38.1. The van der Waals surface area contributed by atoms with Gasteiger partial charge in [-0.05, 0) is 71.6 Å². The number of carbonyl (C=O) groups is 3. The van der Waals surface area contributed by atoms with Crippen LogP contribution in [0, 0.1) is 22.7 Å². The Morgan fingerprint density at radius 3 is 2.11 bits per heavy atom. The molecule has 0 bridgehead atoms. The molecule has 0 saturated heterocycles. The first-order chi connectivity index (χ1) is 17.2.